The normalized spacial score (nSPS) is 10.3. The number of hydrogen-bond acceptors (Lipinski definition) is 9. The molecule has 4 rings (SSSR count). The minimum Gasteiger partial charge on any atom is -0.465 e. The number of carbonyl (C=O) groups excluding carboxylic acids is 4. The van der Waals surface area contributed by atoms with Crippen molar-refractivity contribution in [1.82, 2.24) is 0 Å². The van der Waals surface area contributed by atoms with Gasteiger partial charge in [0.05, 0.1) is 50.7 Å². The van der Waals surface area contributed by atoms with Gasteiger partial charge in [-0.3, -0.25) is 0 Å². The van der Waals surface area contributed by atoms with Crippen LogP contribution < -0.4 is 4.74 Å². The third kappa shape index (κ3) is 6.25. The second kappa shape index (κ2) is 12.6. The van der Waals surface area contributed by atoms with Gasteiger partial charge in [-0.05, 0) is 71.8 Å². The second-order valence-corrected chi connectivity index (χ2v) is 8.64. The fraction of sp³-hybridized carbons (Fsp3) is 0.125. The van der Waals surface area contributed by atoms with Crippen molar-refractivity contribution in [2.45, 2.75) is 0 Å². The largest absolute Gasteiger partial charge is 0.465 e. The third-order valence-electron chi connectivity index (χ3n) is 6.26. The van der Waals surface area contributed by atoms with Gasteiger partial charge in [-0.2, -0.15) is 0 Å². The van der Waals surface area contributed by atoms with Crippen LogP contribution in [0.4, 0.5) is 0 Å². The van der Waals surface area contributed by atoms with Crippen LogP contribution in [0.5, 0.6) is 11.5 Å². The predicted octanol–water partition coefficient (Wildman–Crippen LogP) is 5.96. The maximum absolute atomic E-state index is 12.4. The van der Waals surface area contributed by atoms with E-state index in [2.05, 4.69) is 0 Å². The molecule has 0 atom stereocenters. The molecule has 4 aromatic carbocycles. The van der Waals surface area contributed by atoms with Gasteiger partial charge < -0.3 is 23.7 Å². The zero-order chi connectivity index (χ0) is 29.5. The summed E-state index contributed by atoms with van der Waals surface area (Å²) in [5.74, 6) is -1.51. The molecular formula is C32H26O9. The first kappa shape index (κ1) is 28.6. The molecule has 0 saturated heterocycles. The van der Waals surface area contributed by atoms with Crippen molar-refractivity contribution in [1.29, 1.82) is 0 Å². The molecule has 0 aliphatic rings. The molecule has 0 aliphatic carbocycles. The van der Waals surface area contributed by atoms with Gasteiger partial charge in [-0.25, -0.2) is 19.2 Å². The van der Waals surface area contributed by atoms with E-state index in [0.717, 1.165) is 0 Å². The first-order chi connectivity index (χ1) is 19.8. The molecule has 0 amide bonds. The molecule has 0 fully saturated rings. The lowest BCUT2D eigenvalue weighted by Gasteiger charge is -2.17. The van der Waals surface area contributed by atoms with Gasteiger partial charge in [0.2, 0.25) is 0 Å². The lowest BCUT2D eigenvalue weighted by molar-refractivity contribution is 0.0591. The Bertz CT molecular complexity index is 1480. The Morgan fingerprint density at radius 3 is 1.02 bits per heavy atom. The third-order valence-corrected chi connectivity index (χ3v) is 6.26. The minimum atomic E-state index is -0.565. The highest BCUT2D eigenvalue weighted by Crippen LogP contribution is 2.39. The summed E-state index contributed by atoms with van der Waals surface area (Å²) in [7, 11) is 5.16. The Balaban J connectivity index is 1.85. The highest BCUT2D eigenvalue weighted by atomic mass is 16.5. The molecule has 0 aliphatic heterocycles. The molecule has 0 radical (unpaired) electrons. The number of ether oxygens (including phenoxy) is 5. The van der Waals surface area contributed by atoms with Crippen LogP contribution in [0.25, 0.3) is 22.3 Å². The van der Waals surface area contributed by atoms with Gasteiger partial charge in [0.15, 0.2) is 0 Å². The summed E-state index contributed by atoms with van der Waals surface area (Å²) in [6.45, 7) is 0. The van der Waals surface area contributed by atoms with Crippen molar-refractivity contribution < 1.29 is 42.9 Å². The Morgan fingerprint density at radius 1 is 0.415 bits per heavy atom. The van der Waals surface area contributed by atoms with E-state index in [0.29, 0.717) is 33.4 Å². The zero-order valence-electron chi connectivity index (χ0n) is 22.8. The predicted molar refractivity (Wildman–Crippen MR) is 149 cm³/mol. The quantitative estimate of drug-likeness (QED) is 0.192. The Hall–Kier alpha value is -5.44. The maximum atomic E-state index is 12.4. The SMILES string of the molecule is COC(=O)c1ccc(-c2ccc(C(=O)OC)cc2Oc2cc(C(=O)OC)ccc2-c2ccc(C(=O)OC)cc2)cc1. The molecule has 0 saturated carbocycles. The zero-order valence-corrected chi connectivity index (χ0v) is 22.8. The van der Waals surface area contributed by atoms with E-state index in [4.69, 9.17) is 23.7 Å². The Labute approximate surface area is 236 Å². The maximum Gasteiger partial charge on any atom is 0.337 e. The standard InChI is InChI=1S/C32H26O9/c1-37-29(33)21-9-5-19(6-10-21)25-15-13-23(31(35)39-3)17-27(25)41-28-18-24(32(36)40-4)14-16-26(28)20-7-11-22(12-8-20)30(34)38-2/h5-18H,1-4H3. The number of methoxy groups -OCH3 is 4. The van der Waals surface area contributed by atoms with Crippen LogP contribution in [0.15, 0.2) is 84.9 Å². The average Bonchev–Trinajstić information content (AvgIpc) is 3.03. The van der Waals surface area contributed by atoms with Crippen molar-refractivity contribution in [3.63, 3.8) is 0 Å². The second-order valence-electron chi connectivity index (χ2n) is 8.64. The molecule has 0 aromatic heterocycles. The molecule has 4 aromatic rings. The van der Waals surface area contributed by atoms with E-state index in [9.17, 15) is 19.2 Å². The van der Waals surface area contributed by atoms with Crippen molar-refractivity contribution in [3.05, 3.63) is 107 Å². The molecule has 0 unspecified atom stereocenters. The van der Waals surface area contributed by atoms with Gasteiger partial charge in [0, 0.05) is 11.1 Å². The summed E-state index contributed by atoms with van der Waals surface area (Å²) < 4.78 is 25.8. The number of hydrogen-bond donors (Lipinski definition) is 0. The monoisotopic (exact) mass is 554 g/mol. The van der Waals surface area contributed by atoms with E-state index in [1.54, 1.807) is 72.8 Å². The van der Waals surface area contributed by atoms with Crippen molar-refractivity contribution in [2.75, 3.05) is 28.4 Å². The fourth-order valence-electron chi connectivity index (χ4n) is 4.11. The first-order valence-corrected chi connectivity index (χ1v) is 12.3. The molecule has 9 nitrogen and oxygen atoms in total. The van der Waals surface area contributed by atoms with E-state index >= 15 is 0 Å². The summed E-state index contributed by atoms with van der Waals surface area (Å²) in [4.78, 5) is 48.6. The summed E-state index contributed by atoms with van der Waals surface area (Å²) in [5.41, 5.74) is 3.81. The molecule has 0 bridgehead atoms. The van der Waals surface area contributed by atoms with E-state index < -0.39 is 23.9 Å². The average molecular weight is 555 g/mol. The number of rotatable bonds is 8. The van der Waals surface area contributed by atoms with Crippen LogP contribution >= 0.6 is 0 Å². The van der Waals surface area contributed by atoms with E-state index in [-0.39, 0.29) is 22.6 Å². The van der Waals surface area contributed by atoms with Crippen molar-refractivity contribution in [3.8, 4) is 33.8 Å². The molecule has 9 heteroatoms. The molecule has 41 heavy (non-hydrogen) atoms. The van der Waals surface area contributed by atoms with Crippen LogP contribution in [0.3, 0.4) is 0 Å². The summed E-state index contributed by atoms with van der Waals surface area (Å²) in [6.07, 6.45) is 0. The van der Waals surface area contributed by atoms with Crippen LogP contribution in [0.2, 0.25) is 0 Å². The van der Waals surface area contributed by atoms with Crippen LogP contribution in [-0.2, 0) is 18.9 Å². The van der Waals surface area contributed by atoms with E-state index in [1.165, 1.54) is 40.6 Å². The lowest BCUT2D eigenvalue weighted by Crippen LogP contribution is -2.04. The topological polar surface area (TPSA) is 114 Å². The number of carbonyl (C=O) groups is 4. The molecule has 0 heterocycles. The molecule has 0 N–H and O–H groups in total. The van der Waals surface area contributed by atoms with Crippen molar-refractivity contribution in [2.24, 2.45) is 0 Å². The van der Waals surface area contributed by atoms with Crippen molar-refractivity contribution >= 4 is 23.9 Å². The lowest BCUT2D eigenvalue weighted by atomic mass is 9.99. The summed E-state index contributed by atoms with van der Waals surface area (Å²) in [5, 5.41) is 0. The van der Waals surface area contributed by atoms with Gasteiger partial charge in [-0.15, -0.1) is 0 Å². The molecule has 208 valence electrons. The highest BCUT2D eigenvalue weighted by molar-refractivity contribution is 5.94. The smallest absolute Gasteiger partial charge is 0.337 e. The Morgan fingerprint density at radius 2 is 0.707 bits per heavy atom. The number of benzene rings is 4. The van der Waals surface area contributed by atoms with Gasteiger partial charge in [-0.1, -0.05) is 24.3 Å². The number of esters is 4. The fourth-order valence-corrected chi connectivity index (χ4v) is 4.11. The van der Waals surface area contributed by atoms with Gasteiger partial charge in [0.25, 0.3) is 0 Å². The highest BCUT2D eigenvalue weighted by Gasteiger charge is 2.18. The molecule has 0 spiro atoms. The van der Waals surface area contributed by atoms with Crippen LogP contribution in [-0.4, -0.2) is 52.3 Å². The first-order valence-electron chi connectivity index (χ1n) is 12.3. The minimum absolute atomic E-state index is 0.241. The van der Waals surface area contributed by atoms with Gasteiger partial charge in [0.1, 0.15) is 11.5 Å². The molecular weight excluding hydrogens is 528 g/mol. The summed E-state index contributed by atoms with van der Waals surface area (Å²) in [6, 6.07) is 23.0. The van der Waals surface area contributed by atoms with Crippen LogP contribution in [0.1, 0.15) is 41.4 Å². The summed E-state index contributed by atoms with van der Waals surface area (Å²) >= 11 is 0. The van der Waals surface area contributed by atoms with Crippen LogP contribution in [0, 0.1) is 0 Å². The Kier molecular flexibility index (Phi) is 8.79. The van der Waals surface area contributed by atoms with Gasteiger partial charge >= 0.3 is 23.9 Å². The van der Waals surface area contributed by atoms with E-state index in [1.807, 2.05) is 0 Å².